The van der Waals surface area contributed by atoms with E-state index in [4.69, 9.17) is 5.84 Å². The SMILES string of the molecule is C/C(=N/N)c1nnn(-c2ccccc2[N+](=O)[O-])c1C. The van der Waals surface area contributed by atoms with Crippen molar-refractivity contribution in [3.05, 3.63) is 45.8 Å². The number of hydrogen-bond donors (Lipinski definition) is 1. The average molecular weight is 260 g/mol. The smallest absolute Gasteiger partial charge is 0.294 e. The first kappa shape index (κ1) is 12.7. The van der Waals surface area contributed by atoms with Crippen molar-refractivity contribution >= 4 is 11.4 Å². The van der Waals surface area contributed by atoms with Crippen molar-refractivity contribution in [3.63, 3.8) is 0 Å². The Kier molecular flexibility index (Phi) is 3.23. The molecular weight excluding hydrogens is 248 g/mol. The summed E-state index contributed by atoms with van der Waals surface area (Å²) in [6.07, 6.45) is 0. The van der Waals surface area contributed by atoms with E-state index in [1.54, 1.807) is 32.0 Å². The normalized spacial score (nSPS) is 11.6. The molecule has 0 atom stereocenters. The van der Waals surface area contributed by atoms with Gasteiger partial charge in [-0.1, -0.05) is 17.3 Å². The Morgan fingerprint density at radius 2 is 2.16 bits per heavy atom. The van der Waals surface area contributed by atoms with Gasteiger partial charge in [0.2, 0.25) is 0 Å². The van der Waals surface area contributed by atoms with E-state index >= 15 is 0 Å². The quantitative estimate of drug-likeness (QED) is 0.385. The molecule has 0 spiro atoms. The van der Waals surface area contributed by atoms with Gasteiger partial charge in [0.25, 0.3) is 5.69 Å². The molecule has 1 aromatic carbocycles. The van der Waals surface area contributed by atoms with Crippen molar-refractivity contribution in [1.29, 1.82) is 0 Å². The fraction of sp³-hybridized carbons (Fsp3) is 0.182. The maximum atomic E-state index is 11.0. The summed E-state index contributed by atoms with van der Waals surface area (Å²) in [4.78, 5) is 10.5. The number of nitrogens with two attached hydrogens (primary N) is 1. The van der Waals surface area contributed by atoms with Crippen LogP contribution >= 0.6 is 0 Å². The summed E-state index contributed by atoms with van der Waals surface area (Å²) in [5, 5.41) is 22.4. The zero-order valence-corrected chi connectivity index (χ0v) is 10.4. The number of rotatable bonds is 3. The molecule has 0 amide bonds. The minimum absolute atomic E-state index is 0.0376. The summed E-state index contributed by atoms with van der Waals surface area (Å²) < 4.78 is 1.40. The summed E-state index contributed by atoms with van der Waals surface area (Å²) in [6, 6.07) is 6.33. The highest BCUT2D eigenvalue weighted by Crippen LogP contribution is 2.23. The molecule has 0 unspecified atom stereocenters. The molecule has 19 heavy (non-hydrogen) atoms. The van der Waals surface area contributed by atoms with E-state index in [0.29, 0.717) is 22.8 Å². The molecule has 0 aliphatic heterocycles. The number of hydrogen-bond acceptors (Lipinski definition) is 6. The number of nitro benzene ring substituents is 1. The van der Waals surface area contributed by atoms with Crippen LogP contribution in [-0.2, 0) is 0 Å². The van der Waals surface area contributed by atoms with E-state index in [1.807, 2.05) is 0 Å². The molecule has 0 bridgehead atoms. The van der Waals surface area contributed by atoms with Gasteiger partial charge < -0.3 is 5.84 Å². The zero-order chi connectivity index (χ0) is 14.0. The Morgan fingerprint density at radius 3 is 2.79 bits per heavy atom. The molecule has 0 fully saturated rings. The van der Waals surface area contributed by atoms with Crippen LogP contribution in [0.5, 0.6) is 0 Å². The number of para-hydroxylation sites is 2. The summed E-state index contributed by atoms with van der Waals surface area (Å²) in [5.74, 6) is 5.20. The Bertz CT molecular complexity index is 661. The van der Waals surface area contributed by atoms with Crippen LogP contribution in [0.2, 0.25) is 0 Å². The van der Waals surface area contributed by atoms with Gasteiger partial charge in [-0.05, 0) is 19.9 Å². The van der Waals surface area contributed by atoms with Gasteiger partial charge in [-0.15, -0.1) is 5.10 Å². The first-order chi connectivity index (χ1) is 9.06. The lowest BCUT2D eigenvalue weighted by Crippen LogP contribution is -2.05. The van der Waals surface area contributed by atoms with Gasteiger partial charge in [-0.2, -0.15) is 5.10 Å². The number of nitro groups is 1. The van der Waals surface area contributed by atoms with Gasteiger partial charge in [0.1, 0.15) is 11.4 Å². The van der Waals surface area contributed by atoms with Crippen LogP contribution in [0.4, 0.5) is 5.69 Å². The predicted molar refractivity (Wildman–Crippen MR) is 69.1 cm³/mol. The molecule has 0 radical (unpaired) electrons. The second kappa shape index (κ2) is 4.84. The summed E-state index contributed by atoms with van der Waals surface area (Å²) >= 11 is 0. The van der Waals surface area contributed by atoms with Crippen LogP contribution in [0.1, 0.15) is 18.3 Å². The van der Waals surface area contributed by atoms with E-state index in [0.717, 1.165) is 0 Å². The highest BCUT2D eigenvalue weighted by molar-refractivity contribution is 5.97. The molecule has 0 aliphatic rings. The van der Waals surface area contributed by atoms with Gasteiger partial charge in [0.05, 0.1) is 16.3 Å². The monoisotopic (exact) mass is 260 g/mol. The lowest BCUT2D eigenvalue weighted by Gasteiger charge is -2.04. The van der Waals surface area contributed by atoms with Crippen LogP contribution in [-0.4, -0.2) is 25.6 Å². The molecule has 98 valence electrons. The summed E-state index contributed by atoms with van der Waals surface area (Å²) in [7, 11) is 0. The molecule has 0 saturated heterocycles. The summed E-state index contributed by atoms with van der Waals surface area (Å²) in [6.45, 7) is 3.45. The number of nitrogens with zero attached hydrogens (tertiary/aromatic N) is 5. The maximum Gasteiger partial charge on any atom is 0.294 e. The lowest BCUT2D eigenvalue weighted by molar-refractivity contribution is -0.384. The molecular formula is C11H12N6O2. The van der Waals surface area contributed by atoms with Crippen LogP contribution in [0.25, 0.3) is 5.69 Å². The minimum Gasteiger partial charge on any atom is -0.323 e. The third-order valence-corrected chi connectivity index (χ3v) is 2.74. The lowest BCUT2D eigenvalue weighted by atomic mass is 10.2. The predicted octanol–water partition coefficient (Wildman–Crippen LogP) is 1.17. The Balaban J connectivity index is 2.61. The maximum absolute atomic E-state index is 11.0. The number of hydrazone groups is 1. The average Bonchev–Trinajstić information content (AvgIpc) is 2.79. The Morgan fingerprint density at radius 1 is 1.47 bits per heavy atom. The highest BCUT2D eigenvalue weighted by atomic mass is 16.6. The molecule has 2 aromatic rings. The van der Waals surface area contributed by atoms with Crippen molar-refractivity contribution in [3.8, 4) is 5.69 Å². The third-order valence-electron chi connectivity index (χ3n) is 2.74. The van der Waals surface area contributed by atoms with Gasteiger partial charge in [-0.25, -0.2) is 4.68 Å². The standard InChI is InChI=1S/C11H12N6O2/c1-7(13-12)11-8(2)16(15-14-11)9-5-3-4-6-10(9)17(18)19/h3-6H,12H2,1-2H3/b13-7-. The molecule has 1 aromatic heterocycles. The number of benzene rings is 1. The van der Waals surface area contributed by atoms with Crippen molar-refractivity contribution < 1.29 is 4.92 Å². The van der Waals surface area contributed by atoms with Crippen LogP contribution in [0.3, 0.4) is 0 Å². The second-order valence-corrected chi connectivity index (χ2v) is 3.90. The van der Waals surface area contributed by atoms with E-state index < -0.39 is 4.92 Å². The van der Waals surface area contributed by atoms with E-state index in [9.17, 15) is 10.1 Å². The zero-order valence-electron chi connectivity index (χ0n) is 10.4. The molecule has 8 heteroatoms. The fourth-order valence-corrected chi connectivity index (χ4v) is 1.75. The van der Waals surface area contributed by atoms with E-state index in [-0.39, 0.29) is 5.69 Å². The minimum atomic E-state index is -0.458. The molecule has 2 N–H and O–H groups in total. The molecule has 0 aliphatic carbocycles. The Labute approximate surface area is 108 Å². The van der Waals surface area contributed by atoms with Gasteiger partial charge in [-0.3, -0.25) is 10.1 Å². The molecule has 2 rings (SSSR count). The van der Waals surface area contributed by atoms with Gasteiger partial charge >= 0.3 is 0 Å². The summed E-state index contributed by atoms with van der Waals surface area (Å²) in [5.41, 5.74) is 1.99. The number of aromatic nitrogens is 3. The highest BCUT2D eigenvalue weighted by Gasteiger charge is 2.19. The largest absolute Gasteiger partial charge is 0.323 e. The van der Waals surface area contributed by atoms with Crippen molar-refractivity contribution in [2.75, 3.05) is 0 Å². The van der Waals surface area contributed by atoms with E-state index in [1.165, 1.54) is 10.7 Å². The van der Waals surface area contributed by atoms with Crippen LogP contribution in [0.15, 0.2) is 29.4 Å². The van der Waals surface area contributed by atoms with Crippen molar-refractivity contribution in [1.82, 2.24) is 15.0 Å². The molecule has 0 saturated carbocycles. The van der Waals surface area contributed by atoms with Crippen molar-refractivity contribution in [2.24, 2.45) is 10.9 Å². The molecule has 8 nitrogen and oxygen atoms in total. The van der Waals surface area contributed by atoms with Crippen LogP contribution < -0.4 is 5.84 Å². The Hall–Kier alpha value is -2.77. The van der Waals surface area contributed by atoms with Gasteiger partial charge in [0, 0.05) is 6.07 Å². The molecule has 1 heterocycles. The first-order valence-corrected chi connectivity index (χ1v) is 5.47. The topological polar surface area (TPSA) is 112 Å². The van der Waals surface area contributed by atoms with Crippen LogP contribution in [0, 0.1) is 17.0 Å². The first-order valence-electron chi connectivity index (χ1n) is 5.47. The van der Waals surface area contributed by atoms with Crippen molar-refractivity contribution in [2.45, 2.75) is 13.8 Å². The second-order valence-electron chi connectivity index (χ2n) is 3.90. The fourth-order valence-electron chi connectivity index (χ4n) is 1.75. The third kappa shape index (κ3) is 2.15. The van der Waals surface area contributed by atoms with E-state index in [2.05, 4.69) is 15.4 Å². The van der Waals surface area contributed by atoms with Gasteiger partial charge in [0.15, 0.2) is 0 Å².